The van der Waals surface area contributed by atoms with E-state index in [1.54, 1.807) is 0 Å². The van der Waals surface area contributed by atoms with Gasteiger partial charge in [-0.1, -0.05) is 20.8 Å². The third-order valence-corrected chi connectivity index (χ3v) is 3.55. The van der Waals surface area contributed by atoms with Crippen molar-refractivity contribution in [3.63, 3.8) is 0 Å². The number of carbonyl (C=O) groups is 2. The predicted molar refractivity (Wildman–Crippen MR) is 76.0 cm³/mol. The molecule has 0 aromatic heterocycles. The largest absolute Gasteiger partial charge is 0.345 e. The fraction of sp³-hybridized carbons (Fsp3) is 0.857. The highest BCUT2D eigenvalue weighted by atomic mass is 16.2. The lowest BCUT2D eigenvalue weighted by atomic mass is 10.0. The second kappa shape index (κ2) is 7.60. The molecule has 0 aliphatic carbocycles. The van der Waals surface area contributed by atoms with Crippen molar-refractivity contribution in [2.45, 2.75) is 46.2 Å². The molecule has 5 heteroatoms. The monoisotopic (exact) mass is 269 g/mol. The van der Waals surface area contributed by atoms with E-state index in [1.165, 1.54) is 6.92 Å². The number of carbonyl (C=O) groups excluding carboxylic acids is 2. The average Bonchev–Trinajstić information content (AvgIpc) is 2.22. The molecule has 1 fully saturated rings. The van der Waals surface area contributed by atoms with E-state index in [4.69, 9.17) is 0 Å². The van der Waals surface area contributed by atoms with E-state index in [1.807, 2.05) is 13.8 Å². The Morgan fingerprint density at radius 1 is 1.37 bits per heavy atom. The van der Waals surface area contributed by atoms with Crippen molar-refractivity contribution >= 4 is 11.7 Å². The van der Waals surface area contributed by atoms with E-state index in [2.05, 4.69) is 22.5 Å². The van der Waals surface area contributed by atoms with Gasteiger partial charge in [0, 0.05) is 19.1 Å². The van der Waals surface area contributed by atoms with Crippen molar-refractivity contribution < 1.29 is 9.59 Å². The highest BCUT2D eigenvalue weighted by Gasteiger charge is 2.27. The lowest BCUT2D eigenvalue weighted by molar-refractivity contribution is -0.129. The fourth-order valence-electron chi connectivity index (χ4n) is 2.35. The zero-order valence-corrected chi connectivity index (χ0v) is 12.5. The van der Waals surface area contributed by atoms with E-state index >= 15 is 0 Å². The van der Waals surface area contributed by atoms with Gasteiger partial charge >= 0.3 is 0 Å². The van der Waals surface area contributed by atoms with Gasteiger partial charge in [-0.05, 0) is 25.8 Å². The van der Waals surface area contributed by atoms with Crippen LogP contribution in [0.2, 0.25) is 0 Å². The standard InChI is InChI=1S/C14H27N3O2/c1-5-6-17(12-7-15-8-12)9-13(19)16-14(10(2)3)11(4)18/h10,12,14-15H,5-9H2,1-4H3,(H,16,19). The molecule has 0 aromatic rings. The van der Waals surface area contributed by atoms with Gasteiger partial charge in [-0.25, -0.2) is 0 Å². The molecule has 0 spiro atoms. The van der Waals surface area contributed by atoms with Crippen LogP contribution in [0.1, 0.15) is 34.1 Å². The number of nitrogens with one attached hydrogen (secondary N) is 2. The molecule has 1 aliphatic rings. The first-order chi connectivity index (χ1) is 8.95. The van der Waals surface area contributed by atoms with Gasteiger partial charge in [0.05, 0.1) is 12.6 Å². The van der Waals surface area contributed by atoms with Crippen LogP contribution in [-0.4, -0.2) is 54.9 Å². The van der Waals surface area contributed by atoms with Crippen LogP contribution in [0.4, 0.5) is 0 Å². The first-order valence-electron chi connectivity index (χ1n) is 7.20. The zero-order valence-electron chi connectivity index (χ0n) is 12.5. The molecular weight excluding hydrogens is 242 g/mol. The SMILES string of the molecule is CCCN(CC(=O)NC(C(C)=O)C(C)C)C1CNC1. The number of rotatable bonds is 8. The Hall–Kier alpha value is -0.940. The molecule has 0 radical (unpaired) electrons. The maximum Gasteiger partial charge on any atom is 0.234 e. The van der Waals surface area contributed by atoms with Gasteiger partial charge in [0.25, 0.3) is 0 Å². The zero-order chi connectivity index (χ0) is 14.4. The van der Waals surface area contributed by atoms with Crippen molar-refractivity contribution in [1.82, 2.24) is 15.5 Å². The van der Waals surface area contributed by atoms with Crippen molar-refractivity contribution in [1.29, 1.82) is 0 Å². The maximum atomic E-state index is 12.1. The minimum absolute atomic E-state index is 0.0238. The average molecular weight is 269 g/mol. The Morgan fingerprint density at radius 2 is 2.00 bits per heavy atom. The minimum Gasteiger partial charge on any atom is -0.345 e. The molecule has 2 N–H and O–H groups in total. The first kappa shape index (κ1) is 16.1. The summed E-state index contributed by atoms with van der Waals surface area (Å²) >= 11 is 0. The topological polar surface area (TPSA) is 61.4 Å². The Morgan fingerprint density at radius 3 is 2.37 bits per heavy atom. The molecule has 1 heterocycles. The van der Waals surface area contributed by atoms with Gasteiger partial charge in [0.1, 0.15) is 0 Å². The molecule has 1 saturated heterocycles. The highest BCUT2D eigenvalue weighted by molar-refractivity contribution is 5.88. The number of amides is 1. The van der Waals surface area contributed by atoms with Crippen molar-refractivity contribution in [2.75, 3.05) is 26.2 Å². The molecule has 1 atom stereocenters. The molecule has 0 bridgehead atoms. The summed E-state index contributed by atoms with van der Waals surface area (Å²) in [5.74, 6) is 0.108. The third-order valence-electron chi connectivity index (χ3n) is 3.55. The van der Waals surface area contributed by atoms with Gasteiger partial charge in [-0.2, -0.15) is 0 Å². The van der Waals surface area contributed by atoms with Crippen LogP contribution < -0.4 is 10.6 Å². The van der Waals surface area contributed by atoms with Crippen LogP contribution in [0, 0.1) is 5.92 Å². The summed E-state index contributed by atoms with van der Waals surface area (Å²) in [7, 11) is 0. The summed E-state index contributed by atoms with van der Waals surface area (Å²) in [5.41, 5.74) is 0. The molecular formula is C14H27N3O2. The number of ketones is 1. The lowest BCUT2D eigenvalue weighted by Gasteiger charge is -2.38. The normalized spacial score (nSPS) is 17.4. The Balaban J connectivity index is 2.48. The van der Waals surface area contributed by atoms with Crippen molar-refractivity contribution in [2.24, 2.45) is 5.92 Å². The fourth-order valence-corrected chi connectivity index (χ4v) is 2.35. The Bertz CT molecular complexity index is 314. The smallest absolute Gasteiger partial charge is 0.234 e. The second-order valence-electron chi connectivity index (χ2n) is 5.68. The molecule has 0 aromatic carbocycles. The summed E-state index contributed by atoms with van der Waals surface area (Å²) in [6.45, 7) is 10.8. The predicted octanol–water partition coefficient (Wildman–Crippen LogP) is 0.400. The minimum atomic E-state index is -0.365. The summed E-state index contributed by atoms with van der Waals surface area (Å²) in [6, 6.07) is 0.0935. The molecule has 1 amide bonds. The maximum absolute atomic E-state index is 12.1. The number of hydrogen-bond donors (Lipinski definition) is 2. The van der Waals surface area contributed by atoms with Gasteiger partial charge in [-0.3, -0.25) is 14.5 Å². The number of hydrogen-bond acceptors (Lipinski definition) is 4. The molecule has 19 heavy (non-hydrogen) atoms. The summed E-state index contributed by atoms with van der Waals surface area (Å²) < 4.78 is 0. The Kier molecular flexibility index (Phi) is 6.45. The van der Waals surface area contributed by atoms with E-state index in [0.717, 1.165) is 26.1 Å². The molecule has 0 saturated carbocycles. The van der Waals surface area contributed by atoms with Gasteiger partial charge in [-0.15, -0.1) is 0 Å². The van der Waals surface area contributed by atoms with Gasteiger partial charge in [0.2, 0.25) is 5.91 Å². The van der Waals surface area contributed by atoms with E-state index in [0.29, 0.717) is 12.6 Å². The molecule has 1 unspecified atom stereocenters. The molecule has 5 nitrogen and oxygen atoms in total. The van der Waals surface area contributed by atoms with Gasteiger partial charge in [0.15, 0.2) is 5.78 Å². The van der Waals surface area contributed by atoms with Crippen molar-refractivity contribution in [3.8, 4) is 0 Å². The first-order valence-corrected chi connectivity index (χ1v) is 7.20. The summed E-state index contributed by atoms with van der Waals surface area (Å²) in [5, 5.41) is 6.08. The van der Waals surface area contributed by atoms with Gasteiger partial charge < -0.3 is 10.6 Å². The number of nitrogens with zero attached hydrogens (tertiary/aromatic N) is 1. The van der Waals surface area contributed by atoms with E-state index < -0.39 is 0 Å². The molecule has 1 aliphatic heterocycles. The van der Waals surface area contributed by atoms with Crippen molar-refractivity contribution in [3.05, 3.63) is 0 Å². The quantitative estimate of drug-likeness (QED) is 0.669. The van der Waals surface area contributed by atoms with Crippen LogP contribution in [0.5, 0.6) is 0 Å². The molecule has 1 rings (SSSR count). The van der Waals surface area contributed by atoms with Crippen LogP contribution >= 0.6 is 0 Å². The highest BCUT2D eigenvalue weighted by Crippen LogP contribution is 2.07. The van der Waals surface area contributed by atoms with E-state index in [-0.39, 0.29) is 23.7 Å². The molecule has 110 valence electrons. The lowest BCUT2D eigenvalue weighted by Crippen LogP contribution is -2.59. The Labute approximate surface area is 116 Å². The van der Waals surface area contributed by atoms with Crippen LogP contribution in [0.25, 0.3) is 0 Å². The summed E-state index contributed by atoms with van der Waals surface area (Å²) in [4.78, 5) is 25.8. The third kappa shape index (κ3) is 4.91. The second-order valence-corrected chi connectivity index (χ2v) is 5.68. The van der Waals surface area contributed by atoms with Crippen LogP contribution in [0.15, 0.2) is 0 Å². The van der Waals surface area contributed by atoms with Crippen LogP contribution in [-0.2, 0) is 9.59 Å². The van der Waals surface area contributed by atoms with E-state index in [9.17, 15) is 9.59 Å². The van der Waals surface area contributed by atoms with Crippen LogP contribution in [0.3, 0.4) is 0 Å². The summed E-state index contributed by atoms with van der Waals surface area (Å²) in [6.07, 6.45) is 1.03. The number of Topliss-reactive ketones (excluding diaryl/α,β-unsaturated/α-hetero) is 1.